The van der Waals surface area contributed by atoms with Gasteiger partial charge in [-0.15, -0.1) is 4.72 Å². The molecule has 2 aliphatic rings. The summed E-state index contributed by atoms with van der Waals surface area (Å²) in [5.41, 5.74) is -0.0700. The second kappa shape index (κ2) is 9.99. The molecule has 2 heterocycles. The van der Waals surface area contributed by atoms with E-state index in [1.54, 1.807) is 18.3 Å². The molecule has 180 valence electrons. The minimum atomic E-state index is -1.07. The van der Waals surface area contributed by atoms with E-state index in [1.807, 2.05) is 26.8 Å². The molecule has 0 amide bonds. The number of benzene rings is 1. The maximum Gasteiger partial charge on any atom is 0.282 e. The number of hydrogen-bond donors (Lipinski definition) is 2. The van der Waals surface area contributed by atoms with Crippen molar-refractivity contribution in [3.8, 4) is 0 Å². The fourth-order valence-corrected chi connectivity index (χ4v) is 6.96. The SMILES string of the molecule is CC(C)(C)[S+]([O-])N[C@@H]1CCCC12CCN(c1cnc(Sc3cccc(Cl)c3Cl)c(=O)[nH]1)CC2. The second-order valence-electron chi connectivity index (χ2n) is 9.85. The highest BCUT2D eigenvalue weighted by molar-refractivity contribution is 7.99. The summed E-state index contributed by atoms with van der Waals surface area (Å²) in [5.74, 6) is 0.733. The average Bonchev–Trinajstić information content (AvgIpc) is 3.14. The molecule has 1 unspecified atom stereocenters. The maximum absolute atomic E-state index is 12.7. The van der Waals surface area contributed by atoms with Gasteiger partial charge in [0.15, 0.2) is 5.03 Å². The van der Waals surface area contributed by atoms with E-state index in [-0.39, 0.29) is 21.8 Å². The summed E-state index contributed by atoms with van der Waals surface area (Å²) in [6.45, 7) is 7.69. The zero-order valence-corrected chi connectivity index (χ0v) is 22.3. The highest BCUT2D eigenvalue weighted by Gasteiger charge is 2.47. The van der Waals surface area contributed by atoms with Crippen LogP contribution in [0.1, 0.15) is 52.9 Å². The molecule has 0 radical (unpaired) electrons. The molecule has 1 aromatic carbocycles. The zero-order chi connectivity index (χ0) is 23.8. The Hall–Kier alpha value is -0.900. The Labute approximate surface area is 212 Å². The van der Waals surface area contributed by atoms with Gasteiger partial charge in [0.1, 0.15) is 10.6 Å². The molecule has 2 aromatic rings. The first-order valence-corrected chi connectivity index (χ1v) is 14.0. The summed E-state index contributed by atoms with van der Waals surface area (Å²) in [5, 5.41) is 1.20. The highest BCUT2D eigenvalue weighted by atomic mass is 35.5. The first kappa shape index (κ1) is 25.2. The van der Waals surface area contributed by atoms with Crippen LogP contribution in [0.2, 0.25) is 10.0 Å². The van der Waals surface area contributed by atoms with E-state index in [9.17, 15) is 9.35 Å². The smallest absolute Gasteiger partial charge is 0.282 e. The Morgan fingerprint density at radius 2 is 2.00 bits per heavy atom. The first-order valence-electron chi connectivity index (χ1n) is 11.2. The molecule has 1 saturated carbocycles. The van der Waals surface area contributed by atoms with Gasteiger partial charge in [0.2, 0.25) is 0 Å². The lowest BCUT2D eigenvalue weighted by molar-refractivity contribution is 0.186. The van der Waals surface area contributed by atoms with E-state index in [2.05, 4.69) is 19.6 Å². The molecular formula is C23H30Cl2N4O2S2. The molecule has 33 heavy (non-hydrogen) atoms. The number of anilines is 1. The van der Waals surface area contributed by atoms with Gasteiger partial charge >= 0.3 is 0 Å². The van der Waals surface area contributed by atoms with Crippen molar-refractivity contribution in [2.75, 3.05) is 18.0 Å². The van der Waals surface area contributed by atoms with Gasteiger partial charge in [0.25, 0.3) is 5.56 Å². The number of aromatic amines is 1. The van der Waals surface area contributed by atoms with Crippen LogP contribution in [0.25, 0.3) is 0 Å². The van der Waals surface area contributed by atoms with Crippen molar-refractivity contribution < 1.29 is 4.55 Å². The summed E-state index contributed by atoms with van der Waals surface area (Å²) in [4.78, 5) is 23.0. The molecule has 2 N–H and O–H groups in total. The van der Waals surface area contributed by atoms with Gasteiger partial charge in [0.05, 0.1) is 22.3 Å². The standard InChI is InChI=1S/C23H30Cl2N4O2S2/c1-22(2,3)33(31)28-17-8-5-9-23(17)10-12-29(13-11-23)18-14-26-21(20(30)27-18)32-16-7-4-6-15(24)19(16)25/h4,6-7,14,17,28H,5,8-13H2,1-3H3,(H,27,30)/t17-,33?/m1/s1. The normalized spacial score (nSPS) is 21.5. The van der Waals surface area contributed by atoms with Crippen molar-refractivity contribution in [2.45, 2.75) is 73.6 Å². The number of nitrogens with one attached hydrogen (secondary N) is 2. The van der Waals surface area contributed by atoms with E-state index < -0.39 is 11.4 Å². The molecule has 0 bridgehead atoms. The molecule has 1 aliphatic heterocycles. The zero-order valence-electron chi connectivity index (χ0n) is 19.1. The summed E-state index contributed by atoms with van der Waals surface area (Å²) in [6, 6.07) is 5.60. The summed E-state index contributed by atoms with van der Waals surface area (Å²) >= 11 is 12.5. The van der Waals surface area contributed by atoms with Gasteiger partial charge in [-0.2, -0.15) is 0 Å². The van der Waals surface area contributed by atoms with Crippen LogP contribution in [0.5, 0.6) is 0 Å². The Balaban J connectivity index is 1.42. The van der Waals surface area contributed by atoms with Crippen LogP contribution in [-0.4, -0.2) is 38.4 Å². The highest BCUT2D eigenvalue weighted by Crippen LogP contribution is 2.47. The number of halogens is 2. The molecule has 10 heteroatoms. The average molecular weight is 530 g/mol. The Morgan fingerprint density at radius 3 is 2.67 bits per heavy atom. The predicted octanol–water partition coefficient (Wildman–Crippen LogP) is 5.42. The van der Waals surface area contributed by atoms with Crippen molar-refractivity contribution in [1.29, 1.82) is 0 Å². The molecule has 1 spiro atoms. The van der Waals surface area contributed by atoms with Crippen LogP contribution < -0.4 is 15.2 Å². The monoisotopic (exact) mass is 528 g/mol. The molecule has 4 rings (SSSR count). The summed E-state index contributed by atoms with van der Waals surface area (Å²) in [7, 11) is 0. The van der Waals surface area contributed by atoms with Gasteiger partial charge in [-0.25, -0.2) is 4.98 Å². The van der Waals surface area contributed by atoms with Crippen molar-refractivity contribution >= 4 is 52.1 Å². The molecule has 6 nitrogen and oxygen atoms in total. The molecular weight excluding hydrogens is 499 g/mol. The minimum absolute atomic E-state index is 0.171. The van der Waals surface area contributed by atoms with Crippen molar-refractivity contribution in [3.63, 3.8) is 0 Å². The van der Waals surface area contributed by atoms with Gasteiger partial charge in [-0.3, -0.25) is 4.79 Å². The lowest BCUT2D eigenvalue weighted by atomic mass is 9.74. The van der Waals surface area contributed by atoms with Crippen LogP contribution in [0.4, 0.5) is 5.82 Å². The number of rotatable bonds is 5. The number of piperidine rings is 1. The first-order chi connectivity index (χ1) is 15.6. The van der Waals surface area contributed by atoms with E-state index >= 15 is 0 Å². The topological polar surface area (TPSA) is 84.1 Å². The Bertz CT molecular complexity index is 1050. The van der Waals surface area contributed by atoms with Gasteiger partial charge < -0.3 is 14.4 Å². The third-order valence-electron chi connectivity index (χ3n) is 6.67. The van der Waals surface area contributed by atoms with Crippen molar-refractivity contribution in [1.82, 2.24) is 14.7 Å². The van der Waals surface area contributed by atoms with E-state index in [0.29, 0.717) is 20.0 Å². The molecule has 1 saturated heterocycles. The van der Waals surface area contributed by atoms with Gasteiger partial charge in [-0.05, 0) is 64.0 Å². The number of aromatic nitrogens is 2. The van der Waals surface area contributed by atoms with Crippen molar-refractivity contribution in [2.24, 2.45) is 5.41 Å². The molecule has 2 atom stereocenters. The molecule has 2 fully saturated rings. The lowest BCUT2D eigenvalue weighted by Crippen LogP contribution is -2.53. The van der Waals surface area contributed by atoms with Crippen LogP contribution in [0.15, 0.2) is 39.1 Å². The fourth-order valence-electron chi connectivity index (χ4n) is 4.70. The minimum Gasteiger partial charge on any atom is -0.598 e. The summed E-state index contributed by atoms with van der Waals surface area (Å²) in [6.07, 6.45) is 7.11. The van der Waals surface area contributed by atoms with E-state index in [1.165, 1.54) is 11.8 Å². The van der Waals surface area contributed by atoms with Crippen LogP contribution in [0.3, 0.4) is 0 Å². The van der Waals surface area contributed by atoms with E-state index in [4.69, 9.17) is 23.2 Å². The van der Waals surface area contributed by atoms with Gasteiger partial charge in [0, 0.05) is 29.3 Å². The number of H-pyrrole nitrogens is 1. The van der Waals surface area contributed by atoms with Crippen LogP contribution in [-0.2, 0) is 11.4 Å². The van der Waals surface area contributed by atoms with Gasteiger partial charge in [-0.1, -0.05) is 47.5 Å². The largest absolute Gasteiger partial charge is 0.598 e. The number of nitrogens with zero attached hydrogens (tertiary/aromatic N) is 2. The molecule has 1 aliphatic carbocycles. The van der Waals surface area contributed by atoms with Crippen molar-refractivity contribution in [3.05, 3.63) is 44.8 Å². The predicted molar refractivity (Wildman–Crippen MR) is 138 cm³/mol. The van der Waals surface area contributed by atoms with Crippen LogP contribution in [0, 0.1) is 5.41 Å². The third kappa shape index (κ3) is 5.52. The maximum atomic E-state index is 12.7. The second-order valence-corrected chi connectivity index (χ2v) is 13.7. The fraction of sp³-hybridized carbons (Fsp3) is 0.565. The quantitative estimate of drug-likeness (QED) is 0.504. The third-order valence-corrected chi connectivity index (χ3v) is 10.3. The summed E-state index contributed by atoms with van der Waals surface area (Å²) < 4.78 is 15.9. The Kier molecular flexibility index (Phi) is 7.63. The Morgan fingerprint density at radius 1 is 1.27 bits per heavy atom. The van der Waals surface area contributed by atoms with Crippen LogP contribution >= 0.6 is 35.0 Å². The lowest BCUT2D eigenvalue weighted by Gasteiger charge is -2.44. The number of hydrogen-bond acceptors (Lipinski definition) is 6. The molecule has 1 aromatic heterocycles. The van der Waals surface area contributed by atoms with E-state index in [0.717, 1.165) is 51.0 Å².